The van der Waals surface area contributed by atoms with Gasteiger partial charge in [0.2, 0.25) is 0 Å². The van der Waals surface area contributed by atoms with Crippen LogP contribution in [0.15, 0.2) is 23.0 Å². The molecule has 0 bridgehead atoms. The van der Waals surface area contributed by atoms with Gasteiger partial charge in [0.05, 0.1) is 13.2 Å². The minimum Gasteiger partial charge on any atom is -0.505 e. The lowest BCUT2D eigenvalue weighted by molar-refractivity contribution is 0.0519. The number of hydrogen-bond acceptors (Lipinski definition) is 5. The third kappa shape index (κ3) is 3.96. The smallest absolute Gasteiger partial charge is 0.347 e. The van der Waals surface area contributed by atoms with Crippen molar-refractivity contribution < 1.29 is 14.6 Å². The fourth-order valence-electron chi connectivity index (χ4n) is 2.30. The average Bonchev–Trinajstić information content (AvgIpc) is 2.53. The van der Waals surface area contributed by atoms with E-state index >= 15 is 0 Å². The SMILES string of the molecule is CCOC(=O)c1c(O)c(C(C)C)nn(Cc2c(Cl)cccc2Cl)c1=O. The summed E-state index contributed by atoms with van der Waals surface area (Å²) in [7, 11) is 0. The molecule has 1 aromatic heterocycles. The van der Waals surface area contributed by atoms with Crippen molar-refractivity contribution in [3.8, 4) is 5.75 Å². The number of esters is 1. The third-order valence-electron chi connectivity index (χ3n) is 3.55. The molecule has 0 aliphatic carbocycles. The van der Waals surface area contributed by atoms with Crippen molar-refractivity contribution in [3.05, 3.63) is 55.4 Å². The lowest BCUT2D eigenvalue weighted by atomic mass is 10.1. The van der Waals surface area contributed by atoms with Crippen LogP contribution in [0.1, 0.15) is 48.3 Å². The zero-order valence-corrected chi connectivity index (χ0v) is 15.6. The molecule has 0 saturated heterocycles. The van der Waals surface area contributed by atoms with Crippen LogP contribution >= 0.6 is 23.2 Å². The van der Waals surface area contributed by atoms with Crippen molar-refractivity contribution >= 4 is 29.2 Å². The molecule has 0 aliphatic rings. The minimum atomic E-state index is -0.895. The number of ether oxygens (including phenoxy) is 1. The highest BCUT2D eigenvalue weighted by atomic mass is 35.5. The molecule has 0 fully saturated rings. The summed E-state index contributed by atoms with van der Waals surface area (Å²) in [6.07, 6.45) is 0. The van der Waals surface area contributed by atoms with Gasteiger partial charge in [0.25, 0.3) is 5.56 Å². The van der Waals surface area contributed by atoms with Crippen LogP contribution in [0.25, 0.3) is 0 Å². The van der Waals surface area contributed by atoms with Gasteiger partial charge in [-0.2, -0.15) is 5.10 Å². The first kappa shape index (κ1) is 19.3. The summed E-state index contributed by atoms with van der Waals surface area (Å²) in [6, 6.07) is 4.97. The molecule has 0 spiro atoms. The van der Waals surface area contributed by atoms with Gasteiger partial charge in [-0.05, 0) is 19.1 Å². The molecule has 0 unspecified atom stereocenters. The number of nitrogens with zero attached hydrogens (tertiary/aromatic N) is 2. The van der Waals surface area contributed by atoms with Gasteiger partial charge in [0, 0.05) is 21.5 Å². The summed E-state index contributed by atoms with van der Waals surface area (Å²) >= 11 is 12.3. The fourth-order valence-corrected chi connectivity index (χ4v) is 2.81. The Morgan fingerprint density at radius 1 is 1.32 bits per heavy atom. The van der Waals surface area contributed by atoms with Crippen molar-refractivity contribution in [1.29, 1.82) is 0 Å². The van der Waals surface area contributed by atoms with Crippen molar-refractivity contribution in [2.24, 2.45) is 0 Å². The molecule has 0 radical (unpaired) electrons. The van der Waals surface area contributed by atoms with E-state index in [0.717, 1.165) is 4.68 Å². The van der Waals surface area contributed by atoms with Crippen LogP contribution < -0.4 is 5.56 Å². The molecule has 134 valence electrons. The van der Waals surface area contributed by atoms with E-state index in [4.69, 9.17) is 27.9 Å². The Kier molecular flexibility index (Phi) is 6.08. The third-order valence-corrected chi connectivity index (χ3v) is 4.26. The second kappa shape index (κ2) is 7.89. The maximum absolute atomic E-state index is 12.7. The molecule has 6 nitrogen and oxygen atoms in total. The van der Waals surface area contributed by atoms with Crippen molar-refractivity contribution in [2.45, 2.75) is 33.2 Å². The maximum Gasteiger partial charge on any atom is 0.347 e. The normalized spacial score (nSPS) is 11.0. The van der Waals surface area contributed by atoms with Crippen LogP contribution in [-0.2, 0) is 11.3 Å². The van der Waals surface area contributed by atoms with Gasteiger partial charge >= 0.3 is 5.97 Å². The maximum atomic E-state index is 12.7. The minimum absolute atomic E-state index is 0.0380. The van der Waals surface area contributed by atoms with E-state index in [2.05, 4.69) is 5.10 Å². The van der Waals surface area contributed by atoms with E-state index in [0.29, 0.717) is 15.6 Å². The molecule has 2 aromatic rings. The first-order chi connectivity index (χ1) is 11.8. The molecule has 0 atom stereocenters. The van der Waals surface area contributed by atoms with Crippen molar-refractivity contribution in [2.75, 3.05) is 6.61 Å². The van der Waals surface area contributed by atoms with Crippen molar-refractivity contribution in [1.82, 2.24) is 9.78 Å². The van der Waals surface area contributed by atoms with Gasteiger partial charge in [-0.3, -0.25) is 4.79 Å². The van der Waals surface area contributed by atoms with Crippen LogP contribution in [0.3, 0.4) is 0 Å². The van der Waals surface area contributed by atoms with Crippen LogP contribution in [0.5, 0.6) is 5.75 Å². The Hall–Kier alpha value is -2.05. The summed E-state index contributed by atoms with van der Waals surface area (Å²) < 4.78 is 5.95. The molecule has 0 amide bonds. The van der Waals surface area contributed by atoms with Crippen molar-refractivity contribution in [3.63, 3.8) is 0 Å². The quantitative estimate of drug-likeness (QED) is 0.796. The lowest BCUT2D eigenvalue weighted by Gasteiger charge is -2.15. The van der Waals surface area contributed by atoms with Gasteiger partial charge in [-0.25, -0.2) is 9.48 Å². The van der Waals surface area contributed by atoms with E-state index in [1.165, 1.54) is 0 Å². The summed E-state index contributed by atoms with van der Waals surface area (Å²) in [6.45, 7) is 5.22. The second-order valence-corrected chi connectivity index (χ2v) is 6.46. The lowest BCUT2D eigenvalue weighted by Crippen LogP contribution is -2.31. The highest BCUT2D eigenvalue weighted by molar-refractivity contribution is 6.35. The molecule has 1 aromatic carbocycles. The molecule has 1 heterocycles. The summed E-state index contributed by atoms with van der Waals surface area (Å²) in [5.74, 6) is -1.57. The highest BCUT2D eigenvalue weighted by Crippen LogP contribution is 2.27. The van der Waals surface area contributed by atoms with Gasteiger partial charge in [-0.15, -0.1) is 0 Å². The monoisotopic (exact) mass is 384 g/mol. The first-order valence-corrected chi connectivity index (χ1v) is 8.47. The molecule has 8 heteroatoms. The molecule has 2 rings (SSSR count). The molecule has 0 aliphatic heterocycles. The van der Waals surface area contributed by atoms with E-state index in [9.17, 15) is 14.7 Å². The summed E-state index contributed by atoms with van der Waals surface area (Å²) in [5, 5.41) is 15.2. The van der Waals surface area contributed by atoms with Gasteiger partial charge in [0.1, 0.15) is 5.69 Å². The average molecular weight is 385 g/mol. The predicted octanol–water partition coefficient (Wildman–Crippen LogP) is 3.60. The largest absolute Gasteiger partial charge is 0.505 e. The van der Waals surface area contributed by atoms with Crippen LogP contribution in [0.2, 0.25) is 10.0 Å². The number of aromatic nitrogens is 2. The Bertz CT molecular complexity index is 842. The Labute approximate surface area is 154 Å². The van der Waals surface area contributed by atoms with Gasteiger partial charge in [-0.1, -0.05) is 43.1 Å². The zero-order chi connectivity index (χ0) is 18.7. The second-order valence-electron chi connectivity index (χ2n) is 5.65. The van der Waals surface area contributed by atoms with E-state index in [1.54, 1.807) is 39.0 Å². The fraction of sp³-hybridized carbons (Fsp3) is 0.353. The Morgan fingerprint density at radius 3 is 2.44 bits per heavy atom. The van der Waals surface area contributed by atoms with Crippen LogP contribution in [0.4, 0.5) is 0 Å². The standard InChI is InChI=1S/C17H18Cl2N2O4/c1-4-25-17(24)13-15(22)14(9(2)3)20-21(16(13)23)8-10-11(18)6-5-7-12(10)19/h5-7,9,22H,4,8H2,1-3H3. The number of halogens is 2. The number of rotatable bonds is 5. The van der Waals surface area contributed by atoms with Gasteiger partial charge in [0.15, 0.2) is 11.3 Å². The van der Waals surface area contributed by atoms with E-state index in [1.807, 2.05) is 0 Å². The number of carbonyl (C=O) groups is 1. The summed E-state index contributed by atoms with van der Waals surface area (Å²) in [4.78, 5) is 24.8. The first-order valence-electron chi connectivity index (χ1n) is 7.71. The number of hydrogen-bond donors (Lipinski definition) is 1. The van der Waals surface area contributed by atoms with E-state index < -0.39 is 22.8 Å². The zero-order valence-electron chi connectivity index (χ0n) is 14.0. The molecule has 25 heavy (non-hydrogen) atoms. The van der Waals surface area contributed by atoms with Gasteiger partial charge < -0.3 is 9.84 Å². The number of benzene rings is 1. The number of aromatic hydroxyl groups is 1. The van der Waals surface area contributed by atoms with Crippen LogP contribution in [-0.4, -0.2) is 27.5 Å². The van der Waals surface area contributed by atoms with Crippen LogP contribution in [0, 0.1) is 0 Å². The molecular weight excluding hydrogens is 367 g/mol. The Morgan fingerprint density at radius 2 is 1.92 bits per heavy atom. The highest BCUT2D eigenvalue weighted by Gasteiger charge is 2.25. The molecule has 0 saturated carbocycles. The molecular formula is C17H18Cl2N2O4. The summed E-state index contributed by atoms with van der Waals surface area (Å²) in [5.41, 5.74) is -0.499. The topological polar surface area (TPSA) is 81.4 Å². The van der Waals surface area contributed by atoms with E-state index in [-0.39, 0.29) is 24.8 Å². The predicted molar refractivity (Wildman–Crippen MR) is 95.8 cm³/mol. The number of carbonyl (C=O) groups excluding carboxylic acids is 1. The Balaban J connectivity index is 2.66. The molecule has 1 N–H and O–H groups in total.